The fourth-order valence-electron chi connectivity index (χ4n) is 1.72. The number of amides is 3. The van der Waals surface area contributed by atoms with E-state index in [1.165, 1.54) is 4.90 Å². The molecular formula is C11H14N4O2. The van der Waals surface area contributed by atoms with Crippen LogP contribution in [0.5, 0.6) is 0 Å². The number of rotatable bonds is 2. The molecule has 3 amide bonds. The Hall–Kier alpha value is -1.98. The van der Waals surface area contributed by atoms with Crippen molar-refractivity contribution >= 4 is 17.8 Å². The number of hydrogen-bond acceptors (Lipinski definition) is 4. The standard InChI is InChI=1S/C11H14N4O2/c1-7(2)9-10(13-5-4-12-9)15-6-3-8(16)14-11(15)17/h4-5,7H,3,6H2,1-2H3,(H,14,16,17). The highest BCUT2D eigenvalue weighted by Gasteiger charge is 2.27. The average Bonchev–Trinajstić information content (AvgIpc) is 2.29. The third kappa shape index (κ3) is 2.25. The highest BCUT2D eigenvalue weighted by Crippen LogP contribution is 2.23. The summed E-state index contributed by atoms with van der Waals surface area (Å²) >= 11 is 0. The summed E-state index contributed by atoms with van der Waals surface area (Å²) in [4.78, 5) is 32.7. The molecule has 0 atom stereocenters. The van der Waals surface area contributed by atoms with E-state index in [1.807, 2.05) is 13.8 Å². The van der Waals surface area contributed by atoms with Crippen LogP contribution in [0.1, 0.15) is 31.9 Å². The van der Waals surface area contributed by atoms with Gasteiger partial charge in [0.15, 0.2) is 5.82 Å². The molecule has 1 saturated heterocycles. The van der Waals surface area contributed by atoms with Crippen molar-refractivity contribution in [1.29, 1.82) is 0 Å². The fraction of sp³-hybridized carbons (Fsp3) is 0.455. The van der Waals surface area contributed by atoms with Gasteiger partial charge in [-0.2, -0.15) is 0 Å². The molecule has 2 heterocycles. The van der Waals surface area contributed by atoms with Crippen molar-refractivity contribution in [1.82, 2.24) is 15.3 Å². The lowest BCUT2D eigenvalue weighted by Gasteiger charge is -2.27. The van der Waals surface area contributed by atoms with Crippen LogP contribution in [0.25, 0.3) is 0 Å². The van der Waals surface area contributed by atoms with E-state index >= 15 is 0 Å². The van der Waals surface area contributed by atoms with E-state index in [9.17, 15) is 9.59 Å². The maximum absolute atomic E-state index is 11.7. The van der Waals surface area contributed by atoms with Crippen LogP contribution < -0.4 is 10.2 Å². The second-order valence-electron chi connectivity index (χ2n) is 4.17. The molecule has 1 aliphatic heterocycles. The molecule has 0 radical (unpaired) electrons. The monoisotopic (exact) mass is 234 g/mol. The lowest BCUT2D eigenvalue weighted by Crippen LogP contribution is -2.50. The second kappa shape index (κ2) is 4.48. The van der Waals surface area contributed by atoms with E-state index in [0.29, 0.717) is 18.8 Å². The molecular weight excluding hydrogens is 220 g/mol. The van der Waals surface area contributed by atoms with E-state index in [2.05, 4.69) is 15.3 Å². The van der Waals surface area contributed by atoms with Gasteiger partial charge in [0.2, 0.25) is 5.91 Å². The Labute approximate surface area is 99.1 Å². The largest absolute Gasteiger partial charge is 0.329 e. The molecule has 1 aromatic rings. The van der Waals surface area contributed by atoms with Gasteiger partial charge in [-0.05, 0) is 5.92 Å². The molecule has 0 aliphatic carbocycles. The first-order valence-corrected chi connectivity index (χ1v) is 5.52. The number of aromatic nitrogens is 2. The Morgan fingerprint density at radius 3 is 2.65 bits per heavy atom. The minimum Gasteiger partial charge on any atom is -0.278 e. The number of nitrogens with zero attached hydrogens (tertiary/aromatic N) is 3. The smallest absolute Gasteiger partial charge is 0.278 e. The Morgan fingerprint density at radius 2 is 2.00 bits per heavy atom. The summed E-state index contributed by atoms with van der Waals surface area (Å²) in [6.07, 6.45) is 3.44. The quantitative estimate of drug-likeness (QED) is 0.829. The SMILES string of the molecule is CC(C)c1nccnc1N1CCC(=O)NC1=O. The Kier molecular flexibility index (Phi) is 3.03. The zero-order valence-electron chi connectivity index (χ0n) is 9.80. The van der Waals surface area contributed by atoms with Gasteiger partial charge in [0.25, 0.3) is 0 Å². The van der Waals surface area contributed by atoms with Crippen LogP contribution in [0.4, 0.5) is 10.6 Å². The summed E-state index contributed by atoms with van der Waals surface area (Å²) in [7, 11) is 0. The summed E-state index contributed by atoms with van der Waals surface area (Å²) in [6.45, 7) is 4.32. The average molecular weight is 234 g/mol. The summed E-state index contributed by atoms with van der Waals surface area (Å²) in [5.74, 6) is 0.456. The van der Waals surface area contributed by atoms with E-state index in [1.54, 1.807) is 12.4 Å². The lowest BCUT2D eigenvalue weighted by molar-refractivity contribution is -0.120. The van der Waals surface area contributed by atoms with Crippen molar-refractivity contribution in [2.24, 2.45) is 0 Å². The molecule has 6 nitrogen and oxygen atoms in total. The number of anilines is 1. The number of carbonyl (C=O) groups is 2. The third-order valence-corrected chi connectivity index (χ3v) is 2.56. The summed E-state index contributed by atoms with van der Waals surface area (Å²) in [6, 6.07) is -0.427. The molecule has 90 valence electrons. The number of nitrogens with one attached hydrogen (secondary N) is 1. The van der Waals surface area contributed by atoms with Crippen LogP contribution in [0, 0.1) is 0 Å². The van der Waals surface area contributed by atoms with Crippen LogP contribution in [-0.4, -0.2) is 28.5 Å². The maximum atomic E-state index is 11.7. The molecule has 2 rings (SSSR count). The van der Waals surface area contributed by atoms with Gasteiger partial charge in [-0.1, -0.05) is 13.8 Å². The number of carbonyl (C=O) groups excluding carboxylic acids is 2. The minimum atomic E-state index is -0.427. The van der Waals surface area contributed by atoms with E-state index < -0.39 is 6.03 Å². The summed E-state index contributed by atoms with van der Waals surface area (Å²) < 4.78 is 0. The predicted octanol–water partition coefficient (Wildman–Crippen LogP) is 1.05. The van der Waals surface area contributed by atoms with Gasteiger partial charge >= 0.3 is 6.03 Å². The Balaban J connectivity index is 2.34. The summed E-state index contributed by atoms with van der Waals surface area (Å²) in [5, 5.41) is 2.27. The third-order valence-electron chi connectivity index (χ3n) is 2.56. The van der Waals surface area contributed by atoms with Gasteiger partial charge in [-0.15, -0.1) is 0 Å². The van der Waals surface area contributed by atoms with Gasteiger partial charge in [-0.25, -0.2) is 9.78 Å². The fourth-order valence-corrected chi connectivity index (χ4v) is 1.72. The van der Waals surface area contributed by atoms with Crippen molar-refractivity contribution in [3.8, 4) is 0 Å². The second-order valence-corrected chi connectivity index (χ2v) is 4.17. The van der Waals surface area contributed by atoms with Crippen LogP contribution in [0.15, 0.2) is 12.4 Å². The van der Waals surface area contributed by atoms with Crippen molar-refractivity contribution in [3.05, 3.63) is 18.1 Å². The Morgan fingerprint density at radius 1 is 1.29 bits per heavy atom. The molecule has 0 spiro atoms. The van der Waals surface area contributed by atoms with Crippen molar-refractivity contribution < 1.29 is 9.59 Å². The molecule has 0 unspecified atom stereocenters. The molecule has 1 aliphatic rings. The van der Waals surface area contributed by atoms with Gasteiger partial charge in [0.05, 0.1) is 5.69 Å². The van der Waals surface area contributed by atoms with E-state index in [0.717, 1.165) is 5.69 Å². The highest BCUT2D eigenvalue weighted by atomic mass is 16.2. The van der Waals surface area contributed by atoms with Crippen LogP contribution >= 0.6 is 0 Å². The maximum Gasteiger partial charge on any atom is 0.329 e. The van der Waals surface area contributed by atoms with E-state index in [4.69, 9.17) is 0 Å². The van der Waals surface area contributed by atoms with E-state index in [-0.39, 0.29) is 11.8 Å². The topological polar surface area (TPSA) is 75.2 Å². The van der Waals surface area contributed by atoms with Gasteiger partial charge in [0, 0.05) is 25.4 Å². The summed E-state index contributed by atoms with van der Waals surface area (Å²) in [5.41, 5.74) is 0.761. The molecule has 0 aromatic carbocycles. The van der Waals surface area contributed by atoms with Crippen LogP contribution in [0.2, 0.25) is 0 Å². The van der Waals surface area contributed by atoms with Gasteiger partial charge < -0.3 is 0 Å². The first-order valence-electron chi connectivity index (χ1n) is 5.52. The first kappa shape index (κ1) is 11.5. The molecule has 0 bridgehead atoms. The lowest BCUT2D eigenvalue weighted by atomic mass is 10.1. The minimum absolute atomic E-state index is 0.170. The van der Waals surface area contributed by atoms with Crippen LogP contribution in [-0.2, 0) is 4.79 Å². The molecule has 1 aromatic heterocycles. The zero-order valence-corrected chi connectivity index (χ0v) is 9.80. The normalized spacial score (nSPS) is 16.3. The van der Waals surface area contributed by atoms with Gasteiger partial charge in [-0.3, -0.25) is 20.0 Å². The number of imide groups is 1. The number of urea groups is 1. The van der Waals surface area contributed by atoms with Crippen molar-refractivity contribution in [2.45, 2.75) is 26.2 Å². The molecule has 1 N–H and O–H groups in total. The zero-order chi connectivity index (χ0) is 12.4. The highest BCUT2D eigenvalue weighted by molar-refractivity contribution is 6.05. The van der Waals surface area contributed by atoms with Crippen molar-refractivity contribution in [3.63, 3.8) is 0 Å². The van der Waals surface area contributed by atoms with Gasteiger partial charge in [0.1, 0.15) is 0 Å². The molecule has 1 fully saturated rings. The molecule has 0 saturated carbocycles. The van der Waals surface area contributed by atoms with Crippen molar-refractivity contribution in [2.75, 3.05) is 11.4 Å². The Bertz CT molecular complexity index is 459. The predicted molar refractivity (Wildman–Crippen MR) is 61.6 cm³/mol. The first-order chi connectivity index (χ1) is 8.09. The van der Waals surface area contributed by atoms with Crippen LogP contribution in [0.3, 0.4) is 0 Å². The molecule has 17 heavy (non-hydrogen) atoms. The molecule has 6 heteroatoms. The number of hydrogen-bond donors (Lipinski definition) is 1.